The summed E-state index contributed by atoms with van der Waals surface area (Å²) in [4.78, 5) is 22.7. The molecule has 0 aromatic heterocycles. The predicted molar refractivity (Wildman–Crippen MR) is 103 cm³/mol. The first-order valence-corrected chi connectivity index (χ1v) is 10.1. The highest BCUT2D eigenvalue weighted by Crippen LogP contribution is 2.19. The topological polar surface area (TPSA) is 106 Å². The number of nitrogens with one attached hydrogen (secondary N) is 1. The number of non-ortho nitro benzene ring substituents is 1. The zero-order valence-electron chi connectivity index (χ0n) is 15.0. The van der Waals surface area contributed by atoms with E-state index in [9.17, 15) is 23.3 Å². The Morgan fingerprint density at radius 1 is 1.22 bits per heavy atom. The Balaban J connectivity index is 2.08. The van der Waals surface area contributed by atoms with Crippen LogP contribution >= 0.6 is 0 Å². The summed E-state index contributed by atoms with van der Waals surface area (Å²) in [6.07, 6.45) is 4.57. The second-order valence-electron chi connectivity index (χ2n) is 6.00. The van der Waals surface area contributed by atoms with Crippen LogP contribution in [0.4, 0.5) is 5.69 Å². The monoisotopic (exact) mass is 388 g/mol. The molecular weight excluding hydrogens is 368 g/mol. The third kappa shape index (κ3) is 5.75. The number of nitro benzene ring substituents is 1. The highest BCUT2D eigenvalue weighted by Gasteiger charge is 2.13. The highest BCUT2D eigenvalue weighted by molar-refractivity contribution is 7.90. The fourth-order valence-corrected chi connectivity index (χ4v) is 3.13. The van der Waals surface area contributed by atoms with Crippen molar-refractivity contribution < 1.29 is 18.1 Å². The van der Waals surface area contributed by atoms with Gasteiger partial charge in [-0.3, -0.25) is 14.9 Å². The van der Waals surface area contributed by atoms with Crippen LogP contribution in [-0.4, -0.2) is 25.5 Å². The normalized spacial score (nSPS) is 12.7. The minimum atomic E-state index is -3.27. The van der Waals surface area contributed by atoms with E-state index >= 15 is 0 Å². The quantitative estimate of drug-likeness (QED) is 0.445. The molecule has 27 heavy (non-hydrogen) atoms. The molecule has 142 valence electrons. The lowest BCUT2D eigenvalue weighted by Gasteiger charge is -2.16. The maximum atomic E-state index is 12.2. The molecule has 0 unspecified atom stereocenters. The molecule has 2 aromatic carbocycles. The second kappa shape index (κ2) is 8.59. The number of carbonyl (C=O) groups excluding carboxylic acids is 1. The van der Waals surface area contributed by atoms with Crippen LogP contribution in [0.25, 0.3) is 6.08 Å². The number of hydrogen-bond donors (Lipinski definition) is 1. The minimum Gasteiger partial charge on any atom is -0.346 e. The van der Waals surface area contributed by atoms with Gasteiger partial charge in [-0.05, 0) is 35.8 Å². The van der Waals surface area contributed by atoms with Crippen molar-refractivity contribution in [2.45, 2.75) is 24.3 Å². The van der Waals surface area contributed by atoms with E-state index in [2.05, 4.69) is 5.32 Å². The van der Waals surface area contributed by atoms with Crippen molar-refractivity contribution in [3.05, 3.63) is 75.8 Å². The molecule has 2 rings (SSSR count). The molecule has 1 amide bonds. The molecule has 0 bridgehead atoms. The molecule has 0 radical (unpaired) electrons. The number of nitro groups is 1. The Morgan fingerprint density at radius 3 is 2.44 bits per heavy atom. The molecule has 1 atom stereocenters. The van der Waals surface area contributed by atoms with Gasteiger partial charge in [0.05, 0.1) is 15.9 Å². The fraction of sp³-hybridized carbons (Fsp3) is 0.211. The Morgan fingerprint density at radius 2 is 1.89 bits per heavy atom. The molecule has 0 heterocycles. The van der Waals surface area contributed by atoms with Crippen LogP contribution in [0.5, 0.6) is 0 Å². The van der Waals surface area contributed by atoms with Gasteiger partial charge in [0.1, 0.15) is 0 Å². The van der Waals surface area contributed by atoms with E-state index in [0.717, 1.165) is 11.8 Å². The smallest absolute Gasteiger partial charge is 0.270 e. The summed E-state index contributed by atoms with van der Waals surface area (Å²) in [5, 5.41) is 13.6. The lowest BCUT2D eigenvalue weighted by Crippen LogP contribution is -2.26. The van der Waals surface area contributed by atoms with Crippen molar-refractivity contribution in [1.82, 2.24) is 5.32 Å². The minimum absolute atomic E-state index is 0.0463. The maximum Gasteiger partial charge on any atom is 0.270 e. The van der Waals surface area contributed by atoms with Crippen LogP contribution in [-0.2, 0) is 14.6 Å². The number of sulfone groups is 1. The molecule has 0 saturated heterocycles. The van der Waals surface area contributed by atoms with E-state index in [1.54, 1.807) is 24.3 Å². The molecule has 0 fully saturated rings. The van der Waals surface area contributed by atoms with E-state index in [-0.39, 0.29) is 22.5 Å². The van der Waals surface area contributed by atoms with Crippen molar-refractivity contribution >= 4 is 27.5 Å². The van der Waals surface area contributed by atoms with Crippen molar-refractivity contribution in [1.29, 1.82) is 0 Å². The Hall–Kier alpha value is -3.00. The third-order valence-corrected chi connectivity index (χ3v) is 5.07. The van der Waals surface area contributed by atoms with Gasteiger partial charge in [0, 0.05) is 24.5 Å². The third-order valence-electron chi connectivity index (χ3n) is 3.94. The van der Waals surface area contributed by atoms with Gasteiger partial charge in [-0.1, -0.05) is 31.2 Å². The van der Waals surface area contributed by atoms with Crippen LogP contribution in [0.15, 0.2) is 59.5 Å². The number of rotatable bonds is 7. The maximum absolute atomic E-state index is 12.2. The number of nitrogens with zero attached hydrogens (tertiary/aromatic N) is 1. The van der Waals surface area contributed by atoms with Gasteiger partial charge >= 0.3 is 0 Å². The summed E-state index contributed by atoms with van der Waals surface area (Å²) in [7, 11) is -3.27. The molecule has 0 aliphatic carbocycles. The van der Waals surface area contributed by atoms with Crippen molar-refractivity contribution in [3.63, 3.8) is 0 Å². The fourth-order valence-electron chi connectivity index (χ4n) is 2.50. The van der Waals surface area contributed by atoms with E-state index < -0.39 is 14.8 Å². The largest absolute Gasteiger partial charge is 0.346 e. The van der Waals surface area contributed by atoms with Gasteiger partial charge in [-0.25, -0.2) is 8.42 Å². The average molecular weight is 388 g/mol. The molecule has 0 aliphatic rings. The molecule has 0 aliphatic heterocycles. The molecular formula is C19H20N2O5S. The molecule has 1 N–H and O–H groups in total. The number of amides is 1. The van der Waals surface area contributed by atoms with E-state index in [1.807, 2.05) is 6.92 Å². The Bertz CT molecular complexity index is 966. The van der Waals surface area contributed by atoms with Gasteiger partial charge in [-0.2, -0.15) is 0 Å². The SMILES string of the molecule is CC[C@H](NC(=O)/C=C/c1cccc([N+](=O)[O-])c1)c1ccc(S(C)(=O)=O)cc1. The zero-order chi connectivity index (χ0) is 20.0. The molecule has 7 nitrogen and oxygen atoms in total. The number of hydrogen-bond acceptors (Lipinski definition) is 5. The first-order chi connectivity index (χ1) is 12.7. The van der Waals surface area contributed by atoms with E-state index in [0.29, 0.717) is 12.0 Å². The number of benzene rings is 2. The summed E-state index contributed by atoms with van der Waals surface area (Å²) in [5.41, 5.74) is 1.29. The van der Waals surface area contributed by atoms with Gasteiger partial charge in [0.2, 0.25) is 5.91 Å². The summed E-state index contributed by atoms with van der Waals surface area (Å²) in [5.74, 6) is -0.347. The van der Waals surface area contributed by atoms with E-state index in [4.69, 9.17) is 0 Å². The van der Waals surface area contributed by atoms with Gasteiger partial charge in [-0.15, -0.1) is 0 Å². The Kier molecular flexibility index (Phi) is 6.46. The summed E-state index contributed by atoms with van der Waals surface area (Å²) in [6, 6.07) is 12.1. The molecule has 8 heteroatoms. The van der Waals surface area contributed by atoms with Crippen LogP contribution < -0.4 is 5.32 Å². The summed E-state index contributed by atoms with van der Waals surface area (Å²) >= 11 is 0. The van der Waals surface area contributed by atoms with Crippen LogP contribution in [0.1, 0.15) is 30.5 Å². The molecule has 0 saturated carbocycles. The van der Waals surface area contributed by atoms with Gasteiger partial charge < -0.3 is 5.32 Å². The van der Waals surface area contributed by atoms with Crippen molar-refractivity contribution in [2.24, 2.45) is 0 Å². The standard InChI is InChI=1S/C19H20N2O5S/c1-3-18(15-8-10-17(11-9-15)27(2,25)26)20-19(22)12-7-14-5-4-6-16(13-14)21(23)24/h4-13,18H,3H2,1-2H3,(H,20,22)/b12-7+/t18-/m0/s1. The number of carbonyl (C=O) groups is 1. The molecule has 2 aromatic rings. The summed E-state index contributed by atoms with van der Waals surface area (Å²) in [6.45, 7) is 1.90. The van der Waals surface area contributed by atoms with Gasteiger partial charge in [0.15, 0.2) is 9.84 Å². The summed E-state index contributed by atoms with van der Waals surface area (Å²) < 4.78 is 23.1. The van der Waals surface area contributed by atoms with Crippen LogP contribution in [0.2, 0.25) is 0 Å². The second-order valence-corrected chi connectivity index (χ2v) is 8.01. The zero-order valence-corrected chi connectivity index (χ0v) is 15.8. The van der Waals surface area contributed by atoms with E-state index in [1.165, 1.54) is 36.4 Å². The van der Waals surface area contributed by atoms with Crippen LogP contribution in [0, 0.1) is 10.1 Å². The Labute approximate surface area is 157 Å². The lowest BCUT2D eigenvalue weighted by molar-refractivity contribution is -0.384. The highest BCUT2D eigenvalue weighted by atomic mass is 32.2. The van der Waals surface area contributed by atoms with Crippen molar-refractivity contribution in [3.8, 4) is 0 Å². The van der Waals surface area contributed by atoms with Gasteiger partial charge in [0.25, 0.3) is 5.69 Å². The molecule has 0 spiro atoms. The van der Waals surface area contributed by atoms with Crippen molar-refractivity contribution in [2.75, 3.05) is 6.26 Å². The lowest BCUT2D eigenvalue weighted by atomic mass is 10.0. The van der Waals surface area contributed by atoms with Crippen LogP contribution in [0.3, 0.4) is 0 Å². The predicted octanol–water partition coefficient (Wildman–Crippen LogP) is 3.28. The average Bonchev–Trinajstić information content (AvgIpc) is 2.64. The first-order valence-electron chi connectivity index (χ1n) is 8.23. The first kappa shape index (κ1) is 20.3.